The summed E-state index contributed by atoms with van der Waals surface area (Å²) in [6.07, 6.45) is -0.197. The van der Waals surface area contributed by atoms with E-state index in [0.29, 0.717) is 25.3 Å². The van der Waals surface area contributed by atoms with E-state index in [0.717, 1.165) is 12.2 Å². The summed E-state index contributed by atoms with van der Waals surface area (Å²) >= 11 is 0. The predicted octanol–water partition coefficient (Wildman–Crippen LogP) is 1.82. The molecule has 3 rings (SSSR count). The average molecular weight is 368 g/mol. The molecular formula is C18H26ClN3O3. The lowest BCUT2D eigenvalue weighted by atomic mass is 10.1. The van der Waals surface area contributed by atoms with Crippen LogP contribution in [0.4, 0.5) is 5.69 Å². The van der Waals surface area contributed by atoms with Crippen molar-refractivity contribution < 1.29 is 14.3 Å². The zero-order valence-corrected chi connectivity index (χ0v) is 15.7. The fraction of sp³-hybridized carbons (Fsp3) is 0.556. The van der Waals surface area contributed by atoms with Crippen molar-refractivity contribution in [3.63, 3.8) is 0 Å². The van der Waals surface area contributed by atoms with Gasteiger partial charge in [-0.15, -0.1) is 12.4 Å². The number of rotatable bonds is 3. The number of para-hydroxylation sites is 2. The maximum atomic E-state index is 12.6. The normalized spacial score (nSPS) is 25.7. The Kier molecular flexibility index (Phi) is 6.30. The monoisotopic (exact) mass is 367 g/mol. The van der Waals surface area contributed by atoms with Gasteiger partial charge in [-0.25, -0.2) is 0 Å². The number of nitrogens with zero attached hydrogens (tertiary/aromatic N) is 2. The van der Waals surface area contributed by atoms with Crippen LogP contribution in [0.15, 0.2) is 24.3 Å². The van der Waals surface area contributed by atoms with Gasteiger partial charge >= 0.3 is 0 Å². The van der Waals surface area contributed by atoms with Gasteiger partial charge in [-0.3, -0.25) is 9.59 Å². The maximum absolute atomic E-state index is 12.6. The molecule has 6 nitrogen and oxygen atoms in total. The Labute approximate surface area is 154 Å². The molecule has 1 fully saturated rings. The summed E-state index contributed by atoms with van der Waals surface area (Å²) in [6.45, 7) is 7.81. The number of carbonyl (C=O) groups excluding carboxylic acids is 2. The molecule has 2 aliphatic rings. The predicted molar refractivity (Wildman–Crippen MR) is 99.4 cm³/mol. The number of piperazine rings is 1. The molecule has 0 aliphatic carbocycles. The third-order valence-electron chi connectivity index (χ3n) is 4.98. The minimum atomic E-state index is -0.520. The fourth-order valence-corrected chi connectivity index (χ4v) is 3.35. The Morgan fingerprint density at radius 1 is 1.28 bits per heavy atom. The molecule has 25 heavy (non-hydrogen) atoms. The number of carbonyl (C=O) groups is 2. The number of fused-ring (bicyclic) bond motifs is 1. The van der Waals surface area contributed by atoms with Crippen LogP contribution in [-0.4, -0.2) is 54.5 Å². The zero-order valence-electron chi connectivity index (χ0n) is 14.9. The quantitative estimate of drug-likeness (QED) is 0.885. The van der Waals surface area contributed by atoms with Gasteiger partial charge in [-0.1, -0.05) is 12.1 Å². The van der Waals surface area contributed by atoms with Crippen molar-refractivity contribution in [2.45, 2.75) is 45.4 Å². The summed E-state index contributed by atoms with van der Waals surface area (Å²) in [7, 11) is 0. The highest BCUT2D eigenvalue weighted by Gasteiger charge is 2.33. The average Bonchev–Trinajstić information content (AvgIpc) is 2.57. The standard InChI is InChI=1S/C18H25N3O3.ClH/c1-12-13(2)20(11-9-19-12)17(22)8-10-21-15-6-4-5-7-16(15)24-14(3)18(21)23;/h4-7,12-14,19H,8-11H2,1-3H3;1H. The van der Waals surface area contributed by atoms with Gasteiger partial charge < -0.3 is 19.9 Å². The van der Waals surface area contributed by atoms with Crippen molar-refractivity contribution in [1.82, 2.24) is 10.2 Å². The van der Waals surface area contributed by atoms with E-state index in [9.17, 15) is 9.59 Å². The minimum Gasteiger partial charge on any atom is -0.479 e. The molecule has 2 aliphatic heterocycles. The Morgan fingerprint density at radius 2 is 2.00 bits per heavy atom. The van der Waals surface area contributed by atoms with Crippen molar-refractivity contribution in [3.05, 3.63) is 24.3 Å². The van der Waals surface area contributed by atoms with Crippen LogP contribution < -0.4 is 15.0 Å². The van der Waals surface area contributed by atoms with Gasteiger partial charge in [0, 0.05) is 38.1 Å². The van der Waals surface area contributed by atoms with E-state index >= 15 is 0 Å². The van der Waals surface area contributed by atoms with Crippen LogP contribution >= 0.6 is 12.4 Å². The van der Waals surface area contributed by atoms with Crippen LogP contribution in [0.25, 0.3) is 0 Å². The second-order valence-corrected chi connectivity index (χ2v) is 6.54. The number of anilines is 1. The Morgan fingerprint density at radius 3 is 2.76 bits per heavy atom. The number of halogens is 1. The van der Waals surface area contributed by atoms with Crippen LogP contribution in [0.2, 0.25) is 0 Å². The molecule has 0 bridgehead atoms. The molecule has 2 heterocycles. The highest BCUT2D eigenvalue weighted by atomic mass is 35.5. The van der Waals surface area contributed by atoms with Gasteiger partial charge in [0.25, 0.3) is 5.91 Å². The first-order valence-electron chi connectivity index (χ1n) is 8.59. The van der Waals surface area contributed by atoms with E-state index in [1.807, 2.05) is 29.2 Å². The van der Waals surface area contributed by atoms with Gasteiger partial charge in [0.15, 0.2) is 6.10 Å². The first-order valence-corrected chi connectivity index (χ1v) is 8.59. The molecule has 0 saturated carbocycles. The van der Waals surface area contributed by atoms with Crippen molar-refractivity contribution in [2.24, 2.45) is 0 Å². The molecule has 138 valence electrons. The highest BCUT2D eigenvalue weighted by Crippen LogP contribution is 2.33. The molecular weight excluding hydrogens is 342 g/mol. The third-order valence-corrected chi connectivity index (χ3v) is 4.98. The number of amides is 2. The smallest absolute Gasteiger partial charge is 0.267 e. The second kappa shape index (κ2) is 8.06. The number of ether oxygens (including phenoxy) is 1. The Hall–Kier alpha value is -1.79. The van der Waals surface area contributed by atoms with Crippen LogP contribution in [0.3, 0.4) is 0 Å². The fourth-order valence-electron chi connectivity index (χ4n) is 3.35. The largest absolute Gasteiger partial charge is 0.479 e. The van der Waals surface area contributed by atoms with Crippen molar-refractivity contribution in [3.8, 4) is 5.75 Å². The van der Waals surface area contributed by atoms with Crippen molar-refractivity contribution >= 4 is 29.9 Å². The number of hydrogen-bond donors (Lipinski definition) is 1. The van der Waals surface area contributed by atoms with E-state index in [1.165, 1.54) is 0 Å². The highest BCUT2D eigenvalue weighted by molar-refractivity contribution is 6.00. The Balaban J connectivity index is 0.00000225. The molecule has 0 aromatic heterocycles. The molecule has 0 radical (unpaired) electrons. The molecule has 1 saturated heterocycles. The summed E-state index contributed by atoms with van der Waals surface area (Å²) in [6, 6.07) is 7.92. The lowest BCUT2D eigenvalue weighted by molar-refractivity contribution is -0.134. The first-order chi connectivity index (χ1) is 11.5. The van der Waals surface area contributed by atoms with E-state index in [1.54, 1.807) is 11.8 Å². The summed E-state index contributed by atoms with van der Waals surface area (Å²) < 4.78 is 5.63. The summed E-state index contributed by atoms with van der Waals surface area (Å²) in [5, 5.41) is 3.37. The van der Waals surface area contributed by atoms with Gasteiger partial charge in [-0.05, 0) is 32.9 Å². The zero-order chi connectivity index (χ0) is 17.3. The molecule has 1 aromatic carbocycles. The van der Waals surface area contributed by atoms with Crippen LogP contribution in [-0.2, 0) is 9.59 Å². The van der Waals surface area contributed by atoms with Crippen molar-refractivity contribution in [2.75, 3.05) is 24.5 Å². The summed E-state index contributed by atoms with van der Waals surface area (Å²) in [4.78, 5) is 28.7. The molecule has 1 aromatic rings. The van der Waals surface area contributed by atoms with Crippen LogP contribution in [0, 0.1) is 0 Å². The van der Waals surface area contributed by atoms with Gasteiger partial charge in [-0.2, -0.15) is 0 Å². The van der Waals surface area contributed by atoms with E-state index < -0.39 is 6.10 Å². The van der Waals surface area contributed by atoms with E-state index in [4.69, 9.17) is 4.74 Å². The van der Waals surface area contributed by atoms with Gasteiger partial charge in [0.05, 0.1) is 5.69 Å². The topological polar surface area (TPSA) is 61.9 Å². The number of hydrogen-bond acceptors (Lipinski definition) is 4. The lowest BCUT2D eigenvalue weighted by Gasteiger charge is -2.39. The number of benzene rings is 1. The minimum absolute atomic E-state index is 0. The molecule has 0 spiro atoms. The van der Waals surface area contributed by atoms with Gasteiger partial charge in [0.1, 0.15) is 5.75 Å². The summed E-state index contributed by atoms with van der Waals surface area (Å²) in [5.41, 5.74) is 0.745. The van der Waals surface area contributed by atoms with Crippen LogP contribution in [0.5, 0.6) is 5.75 Å². The molecule has 7 heteroatoms. The molecule has 3 unspecified atom stereocenters. The van der Waals surface area contributed by atoms with Crippen LogP contribution in [0.1, 0.15) is 27.2 Å². The van der Waals surface area contributed by atoms with Gasteiger partial charge in [0.2, 0.25) is 5.91 Å². The molecule has 1 N–H and O–H groups in total. The first kappa shape index (κ1) is 19.5. The van der Waals surface area contributed by atoms with Crippen molar-refractivity contribution in [1.29, 1.82) is 0 Å². The van der Waals surface area contributed by atoms with E-state index in [2.05, 4.69) is 19.2 Å². The summed E-state index contributed by atoms with van der Waals surface area (Å²) in [5.74, 6) is 0.699. The lowest BCUT2D eigenvalue weighted by Crippen LogP contribution is -2.57. The molecule has 2 amide bonds. The molecule has 3 atom stereocenters. The Bertz CT molecular complexity index is 640. The van der Waals surface area contributed by atoms with E-state index in [-0.39, 0.29) is 36.3 Å². The maximum Gasteiger partial charge on any atom is 0.267 e. The number of nitrogens with one attached hydrogen (secondary N) is 1. The third kappa shape index (κ3) is 3.90. The second-order valence-electron chi connectivity index (χ2n) is 6.54. The SMILES string of the molecule is CC1Oc2ccccc2N(CCC(=O)N2CCNC(C)C2C)C1=O.Cl.